The number of aliphatic hydroxyl groups excluding tert-OH is 1. The van der Waals surface area contributed by atoms with Gasteiger partial charge in [-0.15, -0.1) is 0 Å². The monoisotopic (exact) mass is 574 g/mol. The third-order valence-corrected chi connectivity index (χ3v) is 6.58. The number of nitrogens with zero attached hydrogens (tertiary/aromatic N) is 2. The van der Waals surface area contributed by atoms with Gasteiger partial charge in [-0.3, -0.25) is 9.59 Å². The third kappa shape index (κ3) is 11.9. The van der Waals surface area contributed by atoms with Crippen LogP contribution in [0, 0.1) is 11.6 Å². The second kappa shape index (κ2) is 18.1. The molecule has 226 valence electrons. The average molecular weight is 575 g/mol. The number of nitrogens with one attached hydrogen (secondary N) is 2. The number of oxime groups is 1. The molecule has 0 aromatic heterocycles. The highest BCUT2D eigenvalue weighted by Gasteiger charge is 2.24. The van der Waals surface area contributed by atoms with E-state index in [0.29, 0.717) is 25.2 Å². The Balaban J connectivity index is 2.09. The predicted molar refractivity (Wildman–Crippen MR) is 156 cm³/mol. The summed E-state index contributed by atoms with van der Waals surface area (Å²) in [7, 11) is 1.34. The molecular formula is C31H44F2N4O4. The van der Waals surface area contributed by atoms with E-state index in [4.69, 9.17) is 4.84 Å². The van der Waals surface area contributed by atoms with Crippen LogP contribution in [0.4, 0.5) is 8.78 Å². The van der Waals surface area contributed by atoms with Crippen LogP contribution in [0.1, 0.15) is 63.1 Å². The number of rotatable bonds is 18. The molecule has 0 aliphatic rings. The van der Waals surface area contributed by atoms with E-state index in [0.717, 1.165) is 30.9 Å². The van der Waals surface area contributed by atoms with Gasteiger partial charge in [0.2, 0.25) is 5.91 Å². The van der Waals surface area contributed by atoms with E-state index in [9.17, 15) is 23.5 Å². The van der Waals surface area contributed by atoms with Crippen LogP contribution >= 0.6 is 0 Å². The molecule has 0 heterocycles. The van der Waals surface area contributed by atoms with Gasteiger partial charge in [0.25, 0.3) is 5.91 Å². The fourth-order valence-electron chi connectivity index (χ4n) is 4.58. The summed E-state index contributed by atoms with van der Waals surface area (Å²) < 4.78 is 27.7. The minimum Gasteiger partial charge on any atom is -0.399 e. The van der Waals surface area contributed by atoms with E-state index in [-0.39, 0.29) is 37.4 Å². The van der Waals surface area contributed by atoms with Crippen molar-refractivity contribution in [2.24, 2.45) is 5.16 Å². The summed E-state index contributed by atoms with van der Waals surface area (Å²) in [6.45, 7) is 7.80. The van der Waals surface area contributed by atoms with E-state index in [1.165, 1.54) is 24.8 Å². The summed E-state index contributed by atoms with van der Waals surface area (Å²) >= 11 is 0. The lowest BCUT2D eigenvalue weighted by atomic mass is 10.00. The first-order valence-corrected chi connectivity index (χ1v) is 14.3. The van der Waals surface area contributed by atoms with Crippen molar-refractivity contribution >= 4 is 17.5 Å². The molecule has 0 bridgehead atoms. The van der Waals surface area contributed by atoms with Crippen LogP contribution < -0.4 is 10.6 Å². The summed E-state index contributed by atoms with van der Waals surface area (Å²) in [6, 6.07) is 10.4. The highest BCUT2D eigenvalue weighted by atomic mass is 19.1. The van der Waals surface area contributed by atoms with Gasteiger partial charge in [0.05, 0.1) is 12.1 Å². The minimum atomic E-state index is -1.06. The van der Waals surface area contributed by atoms with Gasteiger partial charge in [-0.05, 0) is 54.5 Å². The number of benzene rings is 2. The Morgan fingerprint density at radius 2 is 1.63 bits per heavy atom. The first kappa shape index (κ1) is 33.8. The summed E-state index contributed by atoms with van der Waals surface area (Å²) in [6.07, 6.45) is 1.37. The van der Waals surface area contributed by atoms with Crippen molar-refractivity contribution in [3.63, 3.8) is 0 Å². The molecule has 0 aliphatic carbocycles. The van der Waals surface area contributed by atoms with E-state index in [2.05, 4.69) is 28.8 Å². The molecule has 0 saturated carbocycles. The van der Waals surface area contributed by atoms with Crippen LogP contribution in [0.5, 0.6) is 0 Å². The molecular weight excluding hydrogens is 530 g/mol. The number of carbonyl (C=O) groups excluding carboxylic acids is 2. The molecule has 8 nitrogen and oxygen atoms in total. The molecule has 2 amide bonds. The Kier molecular flexibility index (Phi) is 15.0. The Bertz CT molecular complexity index is 1120. The number of halogens is 2. The zero-order chi connectivity index (χ0) is 30.2. The van der Waals surface area contributed by atoms with E-state index >= 15 is 0 Å². The summed E-state index contributed by atoms with van der Waals surface area (Å²) in [4.78, 5) is 32.5. The van der Waals surface area contributed by atoms with Crippen molar-refractivity contribution in [2.45, 2.75) is 78.0 Å². The molecule has 10 heteroatoms. The topological polar surface area (TPSA) is 103 Å². The zero-order valence-corrected chi connectivity index (χ0v) is 24.6. The van der Waals surface area contributed by atoms with Crippen molar-refractivity contribution in [1.82, 2.24) is 15.5 Å². The average Bonchev–Trinajstić information content (AvgIpc) is 2.94. The van der Waals surface area contributed by atoms with Crippen LogP contribution in [0.25, 0.3) is 0 Å². The van der Waals surface area contributed by atoms with Gasteiger partial charge in [0.1, 0.15) is 24.5 Å². The zero-order valence-electron chi connectivity index (χ0n) is 24.6. The molecule has 0 aliphatic heterocycles. The van der Waals surface area contributed by atoms with Crippen LogP contribution in [0.3, 0.4) is 0 Å². The smallest absolute Gasteiger partial charge is 0.271 e. The third-order valence-electron chi connectivity index (χ3n) is 6.58. The standard InChI is InChI=1S/C31H44F2N4O4/c1-5-13-37(14-6-2)31(40)27(36-41-4)11-12-30(39)35-28(18-24-16-25(32)19-26(33)17-24)29(38)21-34-20-23-10-8-9-22(7-3)15-23/h8-10,15-17,19,28-29,34,38H,5-7,11-14,18,20-21H2,1-4H3,(H,35,39)/b36-27+/t28-,29+/m1/s1. The van der Waals surface area contributed by atoms with Crippen molar-refractivity contribution in [1.29, 1.82) is 0 Å². The van der Waals surface area contributed by atoms with Crippen molar-refractivity contribution in [3.8, 4) is 0 Å². The maximum atomic E-state index is 13.9. The van der Waals surface area contributed by atoms with Gasteiger partial charge >= 0.3 is 0 Å². The predicted octanol–water partition coefficient (Wildman–Crippen LogP) is 4.14. The molecule has 2 aromatic rings. The van der Waals surface area contributed by atoms with Gasteiger partial charge < -0.3 is 25.5 Å². The Morgan fingerprint density at radius 3 is 2.24 bits per heavy atom. The minimum absolute atomic E-state index is 0.00725. The van der Waals surface area contributed by atoms with Crippen LogP contribution in [0.2, 0.25) is 0 Å². The van der Waals surface area contributed by atoms with Crippen molar-refractivity contribution in [2.75, 3.05) is 26.7 Å². The quantitative estimate of drug-likeness (QED) is 0.184. The van der Waals surface area contributed by atoms with E-state index < -0.39 is 29.7 Å². The number of hydrogen-bond acceptors (Lipinski definition) is 6. The second-order valence-electron chi connectivity index (χ2n) is 10.0. The fourth-order valence-corrected chi connectivity index (χ4v) is 4.58. The molecule has 2 rings (SSSR count). The Hall–Kier alpha value is -3.37. The largest absolute Gasteiger partial charge is 0.399 e. The maximum Gasteiger partial charge on any atom is 0.271 e. The molecule has 2 atom stereocenters. The first-order chi connectivity index (χ1) is 19.7. The van der Waals surface area contributed by atoms with Crippen molar-refractivity contribution < 1.29 is 28.3 Å². The summed E-state index contributed by atoms with van der Waals surface area (Å²) in [5.41, 5.74) is 2.68. The SMILES string of the molecule is CCCN(CCC)C(=O)/C(CCC(=O)N[C@H](Cc1cc(F)cc(F)c1)[C@@H](O)CNCc1cccc(CC)c1)=N/OC. The van der Waals surface area contributed by atoms with Gasteiger partial charge in [-0.1, -0.05) is 50.2 Å². The number of aryl methyl sites for hydroxylation is 1. The van der Waals surface area contributed by atoms with Gasteiger partial charge in [0, 0.05) is 45.1 Å². The Labute approximate surface area is 242 Å². The lowest BCUT2D eigenvalue weighted by molar-refractivity contribution is -0.124. The molecule has 2 aromatic carbocycles. The van der Waals surface area contributed by atoms with Crippen molar-refractivity contribution in [3.05, 3.63) is 70.8 Å². The van der Waals surface area contributed by atoms with Gasteiger partial charge in [-0.2, -0.15) is 0 Å². The maximum absolute atomic E-state index is 13.9. The number of hydrogen-bond donors (Lipinski definition) is 3. The number of carbonyl (C=O) groups is 2. The van der Waals surface area contributed by atoms with Crippen LogP contribution in [-0.4, -0.2) is 66.4 Å². The summed E-state index contributed by atoms with van der Waals surface area (Å²) in [5, 5.41) is 20.9. The highest BCUT2D eigenvalue weighted by Crippen LogP contribution is 2.13. The molecule has 0 radical (unpaired) electrons. The Morgan fingerprint density at radius 1 is 0.976 bits per heavy atom. The fraction of sp³-hybridized carbons (Fsp3) is 0.516. The molecule has 0 fully saturated rings. The lowest BCUT2D eigenvalue weighted by Crippen LogP contribution is -2.49. The van der Waals surface area contributed by atoms with E-state index in [1.807, 2.05) is 32.0 Å². The molecule has 0 saturated heterocycles. The van der Waals surface area contributed by atoms with E-state index in [1.54, 1.807) is 4.90 Å². The molecule has 3 N–H and O–H groups in total. The molecule has 41 heavy (non-hydrogen) atoms. The highest BCUT2D eigenvalue weighted by molar-refractivity contribution is 6.38. The van der Waals surface area contributed by atoms with Crippen LogP contribution in [0.15, 0.2) is 47.6 Å². The molecule has 0 unspecified atom stereocenters. The van der Waals surface area contributed by atoms with Crippen LogP contribution in [-0.2, 0) is 33.8 Å². The van der Waals surface area contributed by atoms with Gasteiger partial charge in [-0.25, -0.2) is 8.78 Å². The number of aliphatic hydroxyl groups is 1. The van der Waals surface area contributed by atoms with Gasteiger partial charge in [0.15, 0.2) is 0 Å². The lowest BCUT2D eigenvalue weighted by Gasteiger charge is -2.25. The summed E-state index contributed by atoms with van der Waals surface area (Å²) in [5.74, 6) is -2.20. The number of amides is 2. The normalized spacial score (nSPS) is 13.0. The first-order valence-electron chi connectivity index (χ1n) is 14.3. The molecule has 0 spiro atoms. The second-order valence-corrected chi connectivity index (χ2v) is 10.0.